The van der Waals surface area contributed by atoms with E-state index in [0.29, 0.717) is 11.4 Å². The number of aryl methyl sites for hydroxylation is 1. The van der Waals surface area contributed by atoms with Gasteiger partial charge in [0.1, 0.15) is 5.82 Å². The van der Waals surface area contributed by atoms with Gasteiger partial charge in [0, 0.05) is 11.8 Å². The summed E-state index contributed by atoms with van der Waals surface area (Å²) in [4.78, 5) is 4.14. The number of aromatic nitrogens is 1. The lowest BCUT2D eigenvalue weighted by Crippen LogP contribution is -2.24. The van der Waals surface area contributed by atoms with Gasteiger partial charge in [0.15, 0.2) is 11.6 Å². The van der Waals surface area contributed by atoms with Crippen LogP contribution < -0.4 is 11.1 Å². The summed E-state index contributed by atoms with van der Waals surface area (Å²) in [6.07, 6.45) is 2.60. The van der Waals surface area contributed by atoms with Crippen molar-refractivity contribution in [2.45, 2.75) is 26.3 Å². The first kappa shape index (κ1) is 15.4. The van der Waals surface area contributed by atoms with Crippen LogP contribution >= 0.6 is 0 Å². The molecule has 0 spiro atoms. The van der Waals surface area contributed by atoms with Crippen molar-refractivity contribution in [3.8, 4) is 0 Å². The summed E-state index contributed by atoms with van der Waals surface area (Å²) in [5, 5.41) is 3.31. The monoisotopic (exact) mass is 291 g/mol. The second kappa shape index (κ2) is 6.63. The molecule has 0 aliphatic rings. The number of halogens is 2. The van der Waals surface area contributed by atoms with Crippen molar-refractivity contribution in [3.05, 3.63) is 58.8 Å². The fourth-order valence-electron chi connectivity index (χ4n) is 2.22. The predicted octanol–water partition coefficient (Wildman–Crippen LogP) is 3.34. The first-order chi connectivity index (χ1) is 10.0. The molecule has 1 aromatic heterocycles. The van der Waals surface area contributed by atoms with Gasteiger partial charge in [-0.05, 0) is 49.2 Å². The zero-order valence-corrected chi connectivity index (χ0v) is 12.2. The van der Waals surface area contributed by atoms with Crippen LogP contribution in [0, 0.1) is 18.6 Å². The summed E-state index contributed by atoms with van der Waals surface area (Å²) in [5.74, 6) is -1.34. The highest BCUT2D eigenvalue weighted by Crippen LogP contribution is 2.27. The molecule has 1 heterocycles. The van der Waals surface area contributed by atoms with Crippen molar-refractivity contribution in [3.63, 3.8) is 0 Å². The largest absolute Gasteiger partial charge is 0.383 e. The zero-order chi connectivity index (χ0) is 15.4. The molecule has 0 saturated heterocycles. The number of nitrogens with two attached hydrogens (primary N) is 1. The summed E-state index contributed by atoms with van der Waals surface area (Å²) in [6.45, 7) is 4.68. The Balaban J connectivity index is 2.46. The number of benzene rings is 1. The van der Waals surface area contributed by atoms with E-state index in [-0.39, 0.29) is 6.04 Å². The summed E-state index contributed by atoms with van der Waals surface area (Å²) in [7, 11) is 0. The molecule has 3 N–H and O–H groups in total. The van der Waals surface area contributed by atoms with Crippen LogP contribution in [0.4, 0.5) is 14.6 Å². The number of pyridine rings is 1. The Bertz CT molecular complexity index is 629. The normalized spacial score (nSPS) is 12.4. The van der Waals surface area contributed by atoms with E-state index >= 15 is 0 Å². The van der Waals surface area contributed by atoms with Gasteiger partial charge in [-0.3, -0.25) is 0 Å². The number of rotatable bonds is 5. The van der Waals surface area contributed by atoms with Gasteiger partial charge in [0.05, 0.1) is 6.04 Å². The van der Waals surface area contributed by atoms with Gasteiger partial charge < -0.3 is 11.1 Å². The average molecular weight is 291 g/mol. The third-order valence-electron chi connectivity index (χ3n) is 3.27. The Labute approximate surface area is 123 Å². The molecule has 21 heavy (non-hydrogen) atoms. The van der Waals surface area contributed by atoms with Gasteiger partial charge in [0.2, 0.25) is 0 Å². The highest BCUT2D eigenvalue weighted by molar-refractivity contribution is 5.47. The van der Waals surface area contributed by atoms with Crippen LogP contribution in [0.1, 0.15) is 36.1 Å². The van der Waals surface area contributed by atoms with Crippen LogP contribution in [0.25, 0.3) is 0 Å². The SMILES string of the molecule is CCCNC(c1ccc(F)c(F)c1)c1cc(C)cnc1N. The van der Waals surface area contributed by atoms with Crippen LogP contribution in [0.5, 0.6) is 0 Å². The summed E-state index contributed by atoms with van der Waals surface area (Å²) >= 11 is 0. The smallest absolute Gasteiger partial charge is 0.159 e. The van der Waals surface area contributed by atoms with Gasteiger partial charge in [0.25, 0.3) is 0 Å². The lowest BCUT2D eigenvalue weighted by atomic mass is 9.97. The van der Waals surface area contributed by atoms with Gasteiger partial charge in [-0.1, -0.05) is 13.0 Å². The van der Waals surface area contributed by atoms with E-state index in [1.54, 1.807) is 12.3 Å². The maximum atomic E-state index is 13.5. The van der Waals surface area contributed by atoms with E-state index in [9.17, 15) is 8.78 Å². The summed E-state index contributed by atoms with van der Waals surface area (Å²) < 4.78 is 26.6. The quantitative estimate of drug-likeness (QED) is 0.888. The van der Waals surface area contributed by atoms with E-state index in [4.69, 9.17) is 5.73 Å². The minimum absolute atomic E-state index is 0.313. The molecule has 2 rings (SSSR count). The van der Waals surface area contributed by atoms with Crippen molar-refractivity contribution >= 4 is 5.82 Å². The molecule has 2 aromatic rings. The Morgan fingerprint density at radius 3 is 2.67 bits per heavy atom. The van der Waals surface area contributed by atoms with Gasteiger partial charge >= 0.3 is 0 Å². The van der Waals surface area contributed by atoms with Crippen LogP contribution in [-0.2, 0) is 0 Å². The molecule has 0 fully saturated rings. The molecular formula is C16H19F2N3. The van der Waals surface area contributed by atoms with Crippen molar-refractivity contribution in [2.75, 3.05) is 12.3 Å². The van der Waals surface area contributed by atoms with Crippen molar-refractivity contribution in [2.24, 2.45) is 0 Å². The molecule has 0 amide bonds. The van der Waals surface area contributed by atoms with E-state index < -0.39 is 11.6 Å². The first-order valence-corrected chi connectivity index (χ1v) is 6.93. The second-order valence-electron chi connectivity index (χ2n) is 5.05. The molecule has 112 valence electrons. The second-order valence-corrected chi connectivity index (χ2v) is 5.05. The Morgan fingerprint density at radius 2 is 2.00 bits per heavy atom. The molecule has 0 radical (unpaired) electrons. The van der Waals surface area contributed by atoms with E-state index in [2.05, 4.69) is 10.3 Å². The standard InChI is InChI=1S/C16H19F2N3/c1-3-6-20-15(11-4-5-13(17)14(18)8-11)12-7-10(2)9-21-16(12)19/h4-5,7-9,15,20H,3,6H2,1-2H3,(H2,19,21). The maximum absolute atomic E-state index is 13.5. The fourth-order valence-corrected chi connectivity index (χ4v) is 2.22. The lowest BCUT2D eigenvalue weighted by molar-refractivity contribution is 0.503. The Kier molecular flexibility index (Phi) is 4.85. The van der Waals surface area contributed by atoms with Crippen LogP contribution in [0.3, 0.4) is 0 Å². The van der Waals surface area contributed by atoms with Crippen molar-refractivity contribution < 1.29 is 8.78 Å². The highest BCUT2D eigenvalue weighted by Gasteiger charge is 2.18. The maximum Gasteiger partial charge on any atom is 0.159 e. The molecule has 0 saturated carbocycles. The van der Waals surface area contributed by atoms with Crippen LogP contribution in [0.15, 0.2) is 30.5 Å². The molecule has 1 atom stereocenters. The number of hydrogen-bond donors (Lipinski definition) is 2. The van der Waals surface area contributed by atoms with Gasteiger partial charge in [-0.25, -0.2) is 13.8 Å². The predicted molar refractivity (Wildman–Crippen MR) is 79.9 cm³/mol. The van der Waals surface area contributed by atoms with E-state index in [0.717, 1.165) is 30.2 Å². The molecular weight excluding hydrogens is 272 g/mol. The molecule has 3 nitrogen and oxygen atoms in total. The molecule has 1 aromatic carbocycles. The minimum atomic E-state index is -0.866. The minimum Gasteiger partial charge on any atom is -0.383 e. The number of nitrogen functional groups attached to an aromatic ring is 1. The fraction of sp³-hybridized carbons (Fsp3) is 0.312. The number of hydrogen-bond acceptors (Lipinski definition) is 3. The molecule has 0 aliphatic carbocycles. The Hall–Kier alpha value is -2.01. The molecule has 0 aliphatic heterocycles. The zero-order valence-electron chi connectivity index (χ0n) is 12.2. The molecule has 0 bridgehead atoms. The van der Waals surface area contributed by atoms with Crippen molar-refractivity contribution in [1.29, 1.82) is 0 Å². The number of nitrogens with zero attached hydrogens (tertiary/aromatic N) is 1. The van der Waals surface area contributed by atoms with Crippen LogP contribution in [-0.4, -0.2) is 11.5 Å². The highest BCUT2D eigenvalue weighted by atomic mass is 19.2. The summed E-state index contributed by atoms with van der Waals surface area (Å²) in [5.41, 5.74) is 8.31. The molecule has 5 heteroatoms. The van der Waals surface area contributed by atoms with Crippen LogP contribution in [0.2, 0.25) is 0 Å². The van der Waals surface area contributed by atoms with E-state index in [1.165, 1.54) is 6.07 Å². The third-order valence-corrected chi connectivity index (χ3v) is 3.27. The average Bonchev–Trinajstić information content (AvgIpc) is 2.46. The summed E-state index contributed by atoms with van der Waals surface area (Å²) in [6, 6.07) is 5.49. The van der Waals surface area contributed by atoms with Gasteiger partial charge in [-0.15, -0.1) is 0 Å². The number of nitrogens with one attached hydrogen (secondary N) is 1. The van der Waals surface area contributed by atoms with Gasteiger partial charge in [-0.2, -0.15) is 0 Å². The van der Waals surface area contributed by atoms with Crippen molar-refractivity contribution in [1.82, 2.24) is 10.3 Å². The lowest BCUT2D eigenvalue weighted by Gasteiger charge is -2.21. The Morgan fingerprint density at radius 1 is 1.24 bits per heavy atom. The third kappa shape index (κ3) is 3.55. The first-order valence-electron chi connectivity index (χ1n) is 6.93. The van der Waals surface area contributed by atoms with E-state index in [1.807, 2.05) is 19.9 Å². The molecule has 1 unspecified atom stereocenters. The topological polar surface area (TPSA) is 50.9 Å². The number of anilines is 1.